The zero-order valence-electron chi connectivity index (χ0n) is 18.6. The summed E-state index contributed by atoms with van der Waals surface area (Å²) in [6, 6.07) is -0.201. The standard InChI is InChI=1S/C22H25ClF4N6O/c1-2-28-21-19-14(22(25,26)27)3-4-16(19)30-18(31-21)7-12-8-29-33(20(12)23)17-5-6-32(9-15(17)24)13-10-34-11-13/h3,8,13,15,17H,2,4-7,9-11H2,1H3,(H,28,30,31)/t15-,17-/m0/s1. The van der Waals surface area contributed by atoms with Gasteiger partial charge in [0.2, 0.25) is 0 Å². The van der Waals surface area contributed by atoms with Gasteiger partial charge in [-0.25, -0.2) is 19.0 Å². The molecule has 2 aromatic rings. The molecule has 2 atom stereocenters. The number of rotatable bonds is 6. The van der Waals surface area contributed by atoms with Gasteiger partial charge in [0.05, 0.1) is 48.3 Å². The quantitative estimate of drug-likeness (QED) is 0.608. The maximum atomic E-state index is 15.0. The van der Waals surface area contributed by atoms with Crippen LogP contribution in [0.3, 0.4) is 0 Å². The molecule has 0 spiro atoms. The Hall–Kier alpha value is -2.24. The third-order valence-corrected chi connectivity index (χ3v) is 7.01. The van der Waals surface area contributed by atoms with Crippen molar-refractivity contribution < 1.29 is 22.3 Å². The molecule has 0 amide bonds. The maximum absolute atomic E-state index is 15.0. The maximum Gasteiger partial charge on any atom is 0.416 e. The second-order valence-corrected chi connectivity index (χ2v) is 9.16. The number of halogens is 5. The Labute approximate surface area is 199 Å². The van der Waals surface area contributed by atoms with E-state index in [2.05, 4.69) is 25.3 Å². The van der Waals surface area contributed by atoms with E-state index in [1.165, 1.54) is 4.68 Å². The van der Waals surface area contributed by atoms with E-state index in [1.54, 1.807) is 13.1 Å². The summed E-state index contributed by atoms with van der Waals surface area (Å²) < 4.78 is 62.1. The van der Waals surface area contributed by atoms with Crippen LogP contribution >= 0.6 is 11.6 Å². The molecule has 12 heteroatoms. The first kappa shape index (κ1) is 23.5. The minimum Gasteiger partial charge on any atom is -0.378 e. The SMILES string of the molecule is CCNc1nc(Cc2cnn([C@H]3CCN(C4COC4)C[C@@H]3F)c2Cl)nc2c1C(C(F)(F)F)=CC2. The Bertz CT molecular complexity index is 1100. The number of fused-ring (bicyclic) bond motifs is 1. The monoisotopic (exact) mass is 500 g/mol. The van der Waals surface area contributed by atoms with Gasteiger partial charge in [0.15, 0.2) is 0 Å². The van der Waals surface area contributed by atoms with Crippen molar-refractivity contribution in [2.24, 2.45) is 0 Å². The fourth-order valence-electron chi connectivity index (χ4n) is 4.78. The number of ether oxygens (including phenoxy) is 1. The number of nitrogens with zero attached hydrogens (tertiary/aromatic N) is 5. The van der Waals surface area contributed by atoms with Gasteiger partial charge in [-0.3, -0.25) is 4.90 Å². The molecule has 0 saturated carbocycles. The molecule has 0 aromatic carbocycles. The number of aromatic nitrogens is 4. The lowest BCUT2D eigenvalue weighted by Crippen LogP contribution is -2.55. The van der Waals surface area contributed by atoms with Gasteiger partial charge in [-0.2, -0.15) is 18.3 Å². The van der Waals surface area contributed by atoms with Crippen LogP contribution in [-0.2, 0) is 17.6 Å². The molecule has 184 valence electrons. The van der Waals surface area contributed by atoms with Gasteiger partial charge < -0.3 is 10.1 Å². The van der Waals surface area contributed by atoms with Gasteiger partial charge in [0.1, 0.15) is 23.0 Å². The number of anilines is 1. The molecular weight excluding hydrogens is 476 g/mol. The lowest BCUT2D eigenvalue weighted by atomic mass is 10.0. The Morgan fingerprint density at radius 3 is 2.71 bits per heavy atom. The molecule has 7 nitrogen and oxygen atoms in total. The number of alkyl halides is 4. The predicted octanol–water partition coefficient (Wildman–Crippen LogP) is 3.83. The smallest absolute Gasteiger partial charge is 0.378 e. The number of allylic oxidation sites excluding steroid dienone is 2. The summed E-state index contributed by atoms with van der Waals surface area (Å²) >= 11 is 6.58. The average molecular weight is 501 g/mol. The van der Waals surface area contributed by atoms with Gasteiger partial charge in [0, 0.05) is 38.0 Å². The van der Waals surface area contributed by atoms with Crippen molar-refractivity contribution in [1.82, 2.24) is 24.6 Å². The van der Waals surface area contributed by atoms with E-state index in [0.717, 1.165) is 12.6 Å². The van der Waals surface area contributed by atoms with E-state index < -0.39 is 24.0 Å². The van der Waals surface area contributed by atoms with E-state index in [0.29, 0.717) is 55.0 Å². The summed E-state index contributed by atoms with van der Waals surface area (Å²) in [5.41, 5.74) is 0.217. The van der Waals surface area contributed by atoms with Crippen LogP contribution in [0.25, 0.3) is 5.57 Å². The topological polar surface area (TPSA) is 68.1 Å². The Balaban J connectivity index is 1.35. The van der Waals surface area contributed by atoms with Gasteiger partial charge in [-0.15, -0.1) is 0 Å². The predicted molar refractivity (Wildman–Crippen MR) is 119 cm³/mol. The van der Waals surface area contributed by atoms with Crippen LogP contribution in [-0.4, -0.2) is 75.9 Å². The molecule has 0 unspecified atom stereocenters. The van der Waals surface area contributed by atoms with Crippen molar-refractivity contribution in [2.45, 2.75) is 50.6 Å². The summed E-state index contributed by atoms with van der Waals surface area (Å²) in [5, 5.41) is 7.57. The number of hydrogen-bond donors (Lipinski definition) is 1. The fourth-order valence-corrected chi connectivity index (χ4v) is 5.07. The number of likely N-dealkylation sites (tertiary alicyclic amines) is 1. The number of hydrogen-bond acceptors (Lipinski definition) is 6. The first-order chi connectivity index (χ1) is 16.3. The summed E-state index contributed by atoms with van der Waals surface area (Å²) in [6.07, 6.45) is -2.06. The van der Waals surface area contributed by atoms with Crippen molar-refractivity contribution >= 4 is 23.0 Å². The minimum atomic E-state index is -4.48. The molecule has 5 rings (SSSR count). The first-order valence-corrected chi connectivity index (χ1v) is 11.7. The van der Waals surface area contributed by atoms with Crippen molar-refractivity contribution in [3.05, 3.63) is 40.1 Å². The van der Waals surface area contributed by atoms with Crippen LogP contribution in [0.1, 0.15) is 42.0 Å². The average Bonchev–Trinajstić information content (AvgIpc) is 3.32. The molecule has 2 fully saturated rings. The third kappa shape index (κ3) is 4.29. The van der Waals surface area contributed by atoms with E-state index in [4.69, 9.17) is 16.3 Å². The zero-order valence-corrected chi connectivity index (χ0v) is 19.3. The highest BCUT2D eigenvalue weighted by Gasteiger charge is 2.41. The van der Waals surface area contributed by atoms with E-state index >= 15 is 4.39 Å². The highest BCUT2D eigenvalue weighted by Crippen LogP contribution is 2.42. The molecule has 34 heavy (non-hydrogen) atoms. The van der Waals surface area contributed by atoms with Crippen molar-refractivity contribution in [3.63, 3.8) is 0 Å². The summed E-state index contributed by atoms with van der Waals surface area (Å²) in [7, 11) is 0. The van der Waals surface area contributed by atoms with Gasteiger partial charge in [-0.1, -0.05) is 17.7 Å². The van der Waals surface area contributed by atoms with Crippen LogP contribution in [0, 0.1) is 0 Å². The zero-order chi connectivity index (χ0) is 24.0. The molecule has 0 radical (unpaired) electrons. The molecule has 2 aliphatic heterocycles. The molecule has 3 aliphatic rings. The third-order valence-electron chi connectivity index (χ3n) is 6.59. The van der Waals surface area contributed by atoms with Crippen molar-refractivity contribution in [2.75, 3.05) is 38.2 Å². The van der Waals surface area contributed by atoms with Gasteiger partial charge >= 0.3 is 6.18 Å². The highest BCUT2D eigenvalue weighted by molar-refractivity contribution is 6.30. The summed E-state index contributed by atoms with van der Waals surface area (Å²) in [6.45, 7) is 4.52. The minimum absolute atomic E-state index is 0.00351. The molecule has 0 bridgehead atoms. The van der Waals surface area contributed by atoms with E-state index in [9.17, 15) is 13.2 Å². The van der Waals surface area contributed by atoms with Gasteiger partial charge in [-0.05, 0) is 13.3 Å². The fraction of sp³-hybridized carbons (Fsp3) is 0.591. The van der Waals surface area contributed by atoms with Crippen LogP contribution in [0.2, 0.25) is 5.15 Å². The Morgan fingerprint density at radius 1 is 1.26 bits per heavy atom. The largest absolute Gasteiger partial charge is 0.416 e. The Morgan fingerprint density at radius 2 is 2.06 bits per heavy atom. The second-order valence-electron chi connectivity index (χ2n) is 8.80. The van der Waals surface area contributed by atoms with Crippen molar-refractivity contribution in [3.8, 4) is 0 Å². The lowest BCUT2D eigenvalue weighted by molar-refractivity contribution is -0.0847. The lowest BCUT2D eigenvalue weighted by Gasteiger charge is -2.42. The molecule has 2 saturated heterocycles. The van der Waals surface area contributed by atoms with E-state index in [-0.39, 0.29) is 30.3 Å². The molecule has 1 N–H and O–H groups in total. The van der Waals surface area contributed by atoms with Crippen LogP contribution in [0.5, 0.6) is 0 Å². The molecule has 4 heterocycles. The number of nitrogens with one attached hydrogen (secondary N) is 1. The molecule has 2 aromatic heterocycles. The molecule has 1 aliphatic carbocycles. The Kier molecular flexibility index (Phi) is 6.28. The summed E-state index contributed by atoms with van der Waals surface area (Å²) in [5.74, 6) is 0.493. The van der Waals surface area contributed by atoms with Gasteiger partial charge in [0.25, 0.3) is 0 Å². The highest BCUT2D eigenvalue weighted by atomic mass is 35.5. The van der Waals surface area contributed by atoms with Crippen LogP contribution < -0.4 is 5.32 Å². The van der Waals surface area contributed by atoms with Crippen LogP contribution in [0.4, 0.5) is 23.4 Å². The normalized spacial score (nSPS) is 23.5. The first-order valence-electron chi connectivity index (χ1n) is 11.3. The summed E-state index contributed by atoms with van der Waals surface area (Å²) in [4.78, 5) is 10.9. The second kappa shape index (κ2) is 9.09. The molecular formula is C22H25ClF4N6O. The number of piperidine rings is 1. The van der Waals surface area contributed by atoms with Crippen molar-refractivity contribution in [1.29, 1.82) is 0 Å². The van der Waals surface area contributed by atoms with E-state index in [1.807, 2.05) is 0 Å². The van der Waals surface area contributed by atoms with Crippen LogP contribution in [0.15, 0.2) is 12.3 Å².